The van der Waals surface area contributed by atoms with Crippen molar-refractivity contribution < 1.29 is 13.2 Å². The number of ketones is 1. The van der Waals surface area contributed by atoms with Crippen molar-refractivity contribution in [3.8, 4) is 0 Å². The second-order valence-corrected chi connectivity index (χ2v) is 7.83. The van der Waals surface area contributed by atoms with Crippen molar-refractivity contribution in [2.75, 3.05) is 6.26 Å². The van der Waals surface area contributed by atoms with E-state index >= 15 is 0 Å². The molecular weight excluding hydrogens is 307 g/mol. The SMILES string of the molecule is C[C@](Cl)(C(=O)c1ccc(Cl)cc1Cl)S(C)(=O)=O. The first-order valence-corrected chi connectivity index (χ1v) is 7.48. The van der Waals surface area contributed by atoms with Crippen LogP contribution in [0.3, 0.4) is 0 Å². The number of alkyl halides is 1. The van der Waals surface area contributed by atoms with E-state index in [0.29, 0.717) is 5.02 Å². The standard InChI is InChI=1S/C10H9Cl3O3S/c1-10(13,17(2,15)16)9(14)7-4-3-6(11)5-8(7)12/h3-5H,1-2H3/t10-/m1/s1. The summed E-state index contributed by atoms with van der Waals surface area (Å²) in [6.45, 7) is 1.12. The molecule has 0 saturated heterocycles. The van der Waals surface area contributed by atoms with Crippen LogP contribution >= 0.6 is 34.8 Å². The van der Waals surface area contributed by atoms with Crippen LogP contribution in [0.25, 0.3) is 0 Å². The van der Waals surface area contributed by atoms with E-state index in [9.17, 15) is 13.2 Å². The summed E-state index contributed by atoms with van der Waals surface area (Å²) in [4.78, 5) is 12.0. The normalized spacial score (nSPS) is 15.4. The van der Waals surface area contributed by atoms with Gasteiger partial charge in [-0.2, -0.15) is 0 Å². The van der Waals surface area contributed by atoms with Crippen molar-refractivity contribution in [1.29, 1.82) is 0 Å². The summed E-state index contributed by atoms with van der Waals surface area (Å²) in [6.07, 6.45) is 0.891. The maximum Gasteiger partial charge on any atom is 0.204 e. The van der Waals surface area contributed by atoms with Gasteiger partial charge in [0.2, 0.25) is 4.21 Å². The lowest BCUT2D eigenvalue weighted by Gasteiger charge is -2.18. The van der Waals surface area contributed by atoms with Crippen molar-refractivity contribution in [3.63, 3.8) is 0 Å². The molecule has 0 radical (unpaired) electrons. The molecule has 17 heavy (non-hydrogen) atoms. The monoisotopic (exact) mass is 314 g/mol. The summed E-state index contributed by atoms with van der Waals surface area (Å²) in [5.74, 6) is -0.775. The third-order valence-electron chi connectivity index (χ3n) is 2.28. The average Bonchev–Trinajstić information content (AvgIpc) is 2.14. The van der Waals surface area contributed by atoms with Crippen molar-refractivity contribution in [3.05, 3.63) is 33.8 Å². The van der Waals surface area contributed by atoms with Crippen LogP contribution < -0.4 is 0 Å². The first kappa shape index (κ1) is 14.8. The largest absolute Gasteiger partial charge is 0.291 e. The maximum absolute atomic E-state index is 12.0. The van der Waals surface area contributed by atoms with Gasteiger partial charge in [0.1, 0.15) is 0 Å². The number of rotatable bonds is 3. The Labute approximate surface area is 115 Å². The van der Waals surface area contributed by atoms with Gasteiger partial charge in [0.15, 0.2) is 15.6 Å². The fraction of sp³-hybridized carbons (Fsp3) is 0.300. The number of halogens is 3. The lowest BCUT2D eigenvalue weighted by molar-refractivity contribution is 0.0978. The van der Waals surface area contributed by atoms with Crippen LogP contribution in [0.5, 0.6) is 0 Å². The second kappa shape index (κ2) is 4.76. The molecule has 0 bridgehead atoms. The highest BCUT2D eigenvalue weighted by Gasteiger charge is 2.42. The van der Waals surface area contributed by atoms with E-state index in [1.807, 2.05) is 0 Å². The van der Waals surface area contributed by atoms with Crippen molar-refractivity contribution in [1.82, 2.24) is 0 Å². The zero-order valence-electron chi connectivity index (χ0n) is 9.00. The van der Waals surface area contributed by atoms with Gasteiger partial charge in [0, 0.05) is 16.8 Å². The highest BCUT2D eigenvalue weighted by molar-refractivity contribution is 7.94. The number of carbonyl (C=O) groups excluding carboxylic acids is 1. The van der Waals surface area contributed by atoms with Crippen LogP contribution in [0.15, 0.2) is 18.2 Å². The predicted molar refractivity (Wildman–Crippen MR) is 69.9 cm³/mol. The molecule has 0 aromatic heterocycles. The zero-order chi connectivity index (χ0) is 13.4. The van der Waals surface area contributed by atoms with Crippen LogP contribution in [0.1, 0.15) is 17.3 Å². The fourth-order valence-corrected chi connectivity index (χ4v) is 2.13. The van der Waals surface area contributed by atoms with Gasteiger partial charge in [-0.1, -0.05) is 34.8 Å². The molecule has 7 heteroatoms. The Bertz CT molecular complexity index is 564. The summed E-state index contributed by atoms with van der Waals surface area (Å²) in [5.41, 5.74) is 0.0268. The Morgan fingerprint density at radius 3 is 2.24 bits per heavy atom. The summed E-state index contributed by atoms with van der Waals surface area (Å²) in [5, 5.41) is 0.417. The predicted octanol–water partition coefficient (Wildman–Crippen LogP) is 3.18. The number of sulfone groups is 1. The Morgan fingerprint density at radius 1 is 1.29 bits per heavy atom. The van der Waals surface area contributed by atoms with E-state index in [1.165, 1.54) is 18.2 Å². The van der Waals surface area contributed by atoms with Crippen molar-refractivity contribution >= 4 is 50.4 Å². The summed E-state index contributed by atoms with van der Waals surface area (Å²) >= 11 is 17.3. The van der Waals surface area contributed by atoms with Crippen LogP contribution in [0, 0.1) is 0 Å². The van der Waals surface area contributed by atoms with E-state index in [2.05, 4.69) is 0 Å². The highest BCUT2D eigenvalue weighted by Crippen LogP contribution is 2.30. The van der Waals surface area contributed by atoms with E-state index in [4.69, 9.17) is 34.8 Å². The van der Waals surface area contributed by atoms with Crippen LogP contribution in [-0.4, -0.2) is 24.7 Å². The third kappa shape index (κ3) is 2.94. The Morgan fingerprint density at radius 2 is 1.82 bits per heavy atom. The molecule has 0 N–H and O–H groups in total. The fourth-order valence-electron chi connectivity index (χ4n) is 1.08. The molecule has 1 atom stereocenters. The summed E-state index contributed by atoms with van der Waals surface area (Å²) in [7, 11) is -3.75. The van der Waals surface area contributed by atoms with E-state index in [-0.39, 0.29) is 10.6 Å². The van der Waals surface area contributed by atoms with Gasteiger partial charge in [0.25, 0.3) is 0 Å². The number of hydrogen-bond acceptors (Lipinski definition) is 3. The zero-order valence-corrected chi connectivity index (χ0v) is 12.1. The number of benzene rings is 1. The molecule has 1 aromatic rings. The minimum absolute atomic E-state index is 0.0268. The first-order valence-electron chi connectivity index (χ1n) is 4.45. The molecule has 0 aliphatic rings. The lowest BCUT2D eigenvalue weighted by Crippen LogP contribution is -2.37. The van der Waals surface area contributed by atoms with Gasteiger partial charge in [-0.05, 0) is 25.1 Å². The Balaban J connectivity index is 3.32. The molecule has 3 nitrogen and oxygen atoms in total. The molecule has 0 amide bonds. The topological polar surface area (TPSA) is 51.2 Å². The Hall–Kier alpha value is -0.290. The van der Waals surface area contributed by atoms with Gasteiger partial charge in [-0.15, -0.1) is 0 Å². The highest BCUT2D eigenvalue weighted by atomic mass is 35.5. The quantitative estimate of drug-likeness (QED) is 0.636. The smallest absolute Gasteiger partial charge is 0.204 e. The van der Waals surface area contributed by atoms with Gasteiger partial charge in [-0.25, -0.2) is 8.42 Å². The molecule has 0 fully saturated rings. The van der Waals surface area contributed by atoms with E-state index in [0.717, 1.165) is 13.2 Å². The minimum atomic E-state index is -3.75. The molecule has 0 saturated carbocycles. The van der Waals surface area contributed by atoms with Crippen LogP contribution in [0.4, 0.5) is 0 Å². The molecule has 0 aliphatic heterocycles. The average molecular weight is 316 g/mol. The Kier molecular flexibility index (Phi) is 4.14. The summed E-state index contributed by atoms with van der Waals surface area (Å²) in [6, 6.07) is 4.14. The van der Waals surface area contributed by atoms with Crippen molar-refractivity contribution in [2.45, 2.75) is 11.1 Å². The first-order chi connectivity index (χ1) is 7.57. The molecule has 1 rings (SSSR count). The lowest BCUT2D eigenvalue weighted by atomic mass is 10.1. The van der Waals surface area contributed by atoms with Crippen molar-refractivity contribution in [2.24, 2.45) is 0 Å². The molecule has 0 heterocycles. The second-order valence-electron chi connectivity index (χ2n) is 3.64. The van der Waals surface area contributed by atoms with Gasteiger partial charge < -0.3 is 0 Å². The van der Waals surface area contributed by atoms with Crippen LogP contribution in [-0.2, 0) is 9.84 Å². The summed E-state index contributed by atoms with van der Waals surface area (Å²) < 4.78 is 20.8. The molecule has 0 unspecified atom stereocenters. The molecule has 1 aromatic carbocycles. The number of Topliss-reactive ketones (excluding diaryl/α,β-unsaturated/α-hetero) is 1. The molecule has 0 spiro atoms. The minimum Gasteiger partial charge on any atom is -0.291 e. The third-order valence-corrected chi connectivity index (χ3v) is 5.42. The molecular formula is C10H9Cl3O3S. The van der Waals surface area contributed by atoms with Gasteiger partial charge >= 0.3 is 0 Å². The maximum atomic E-state index is 12.0. The van der Waals surface area contributed by atoms with E-state index < -0.39 is 19.8 Å². The number of hydrogen-bond donors (Lipinski definition) is 0. The molecule has 0 aliphatic carbocycles. The van der Waals surface area contributed by atoms with Crippen LogP contribution in [0.2, 0.25) is 10.0 Å². The van der Waals surface area contributed by atoms with E-state index in [1.54, 1.807) is 0 Å². The number of carbonyl (C=O) groups is 1. The van der Waals surface area contributed by atoms with Gasteiger partial charge in [-0.3, -0.25) is 4.79 Å². The molecule has 94 valence electrons. The van der Waals surface area contributed by atoms with Gasteiger partial charge in [0.05, 0.1) is 5.02 Å².